The molecular weight excluding hydrogens is 508 g/mol. The van der Waals surface area contributed by atoms with Crippen molar-refractivity contribution >= 4 is 34.6 Å². The van der Waals surface area contributed by atoms with Crippen LogP contribution in [-0.4, -0.2) is 84.3 Å². The average Bonchev–Trinajstić information content (AvgIpc) is 3.64. The molecule has 2 N–H and O–H groups in total. The Bertz CT molecular complexity index is 1490. The monoisotopic (exact) mass is 534 g/mol. The van der Waals surface area contributed by atoms with Crippen LogP contribution in [0.3, 0.4) is 0 Å². The third-order valence-electron chi connectivity index (χ3n) is 6.48. The maximum atomic E-state index is 13.2. The highest BCUT2D eigenvalue weighted by molar-refractivity contribution is 7.99. The van der Waals surface area contributed by atoms with E-state index in [-0.39, 0.29) is 29.9 Å². The number of rotatable bonds is 3. The van der Waals surface area contributed by atoms with Crippen molar-refractivity contribution in [2.75, 3.05) is 25.4 Å². The smallest absolute Gasteiger partial charge is 0.274 e. The van der Waals surface area contributed by atoms with Crippen LogP contribution in [-0.2, 0) is 22.7 Å². The zero-order valence-corrected chi connectivity index (χ0v) is 21.5. The van der Waals surface area contributed by atoms with Crippen LogP contribution in [0.1, 0.15) is 21.7 Å². The van der Waals surface area contributed by atoms with Crippen molar-refractivity contribution in [3.05, 3.63) is 59.7 Å². The Kier molecular flexibility index (Phi) is 6.68. The minimum Gasteiger partial charge on any atom is -0.489 e. The van der Waals surface area contributed by atoms with Crippen molar-refractivity contribution in [1.82, 2.24) is 40.2 Å². The molecule has 5 heterocycles. The van der Waals surface area contributed by atoms with Gasteiger partial charge in [0.05, 0.1) is 48.3 Å². The summed E-state index contributed by atoms with van der Waals surface area (Å²) in [5.41, 5.74) is 3.79. The van der Waals surface area contributed by atoms with E-state index in [0.717, 1.165) is 16.6 Å². The number of nitrogens with one attached hydrogen (secondary N) is 2. The number of amides is 2. The summed E-state index contributed by atoms with van der Waals surface area (Å²) < 4.78 is 13.6. The van der Waals surface area contributed by atoms with E-state index in [1.807, 2.05) is 25.1 Å². The van der Waals surface area contributed by atoms with E-state index >= 15 is 0 Å². The van der Waals surface area contributed by atoms with Crippen molar-refractivity contribution in [2.45, 2.75) is 37.4 Å². The summed E-state index contributed by atoms with van der Waals surface area (Å²) in [6.07, 6.45) is 2.92. The van der Waals surface area contributed by atoms with Gasteiger partial charge in [0.1, 0.15) is 12.3 Å². The number of imidazole rings is 1. The normalized spacial score (nSPS) is 19.8. The van der Waals surface area contributed by atoms with Crippen LogP contribution in [0.2, 0.25) is 0 Å². The number of hydrogen-bond donors (Lipinski definition) is 2. The van der Waals surface area contributed by atoms with E-state index in [9.17, 15) is 9.59 Å². The van der Waals surface area contributed by atoms with Crippen molar-refractivity contribution < 1.29 is 19.1 Å². The van der Waals surface area contributed by atoms with Crippen LogP contribution in [0.25, 0.3) is 11.0 Å². The van der Waals surface area contributed by atoms with Crippen LogP contribution in [0.15, 0.2) is 47.9 Å². The van der Waals surface area contributed by atoms with Gasteiger partial charge in [-0.05, 0) is 36.8 Å². The van der Waals surface area contributed by atoms with Gasteiger partial charge < -0.3 is 24.7 Å². The van der Waals surface area contributed by atoms with E-state index in [1.165, 1.54) is 11.8 Å². The highest BCUT2D eigenvalue weighted by Gasteiger charge is 2.38. The molecular formula is C25H26N8O4S. The van der Waals surface area contributed by atoms with E-state index in [2.05, 4.69) is 30.6 Å². The van der Waals surface area contributed by atoms with E-state index in [1.54, 1.807) is 34.1 Å². The molecule has 2 aliphatic heterocycles. The Balaban J connectivity index is 1.17. The van der Waals surface area contributed by atoms with E-state index in [0.29, 0.717) is 42.8 Å². The predicted molar refractivity (Wildman–Crippen MR) is 138 cm³/mol. The summed E-state index contributed by atoms with van der Waals surface area (Å²) in [5, 5.41) is 12.0. The Morgan fingerprint density at radius 2 is 2.18 bits per heavy atom. The van der Waals surface area contributed by atoms with Gasteiger partial charge in [-0.15, -0.1) is 5.10 Å². The molecule has 13 heteroatoms. The molecule has 2 atom stereocenters. The number of likely N-dealkylation sites (tertiary alicyclic amines) is 1. The van der Waals surface area contributed by atoms with Crippen LogP contribution in [0.4, 0.5) is 0 Å². The molecule has 1 aromatic carbocycles. The van der Waals surface area contributed by atoms with Crippen LogP contribution < -0.4 is 10.1 Å². The molecule has 196 valence electrons. The molecule has 38 heavy (non-hydrogen) atoms. The third kappa shape index (κ3) is 5.20. The van der Waals surface area contributed by atoms with Gasteiger partial charge in [-0.3, -0.25) is 9.59 Å². The van der Waals surface area contributed by atoms with E-state index < -0.39 is 12.1 Å². The predicted octanol–water partition coefficient (Wildman–Crippen LogP) is 1.57. The molecule has 0 saturated carbocycles. The molecule has 0 aliphatic carbocycles. The SMILES string of the molecule is Cc1ccc2nc(SCC(=O)N3C[C@@H]4NC(=O)c5ncccc5OCCn5cc(nn5)CO[C@H]4C3)[nH]c2c1. The lowest BCUT2D eigenvalue weighted by Gasteiger charge is -2.20. The zero-order chi connectivity index (χ0) is 26.1. The minimum absolute atomic E-state index is 0.0669. The van der Waals surface area contributed by atoms with Gasteiger partial charge in [0.2, 0.25) is 5.91 Å². The largest absolute Gasteiger partial charge is 0.489 e. The summed E-state index contributed by atoms with van der Waals surface area (Å²) >= 11 is 1.35. The van der Waals surface area contributed by atoms with Crippen molar-refractivity contribution in [3.8, 4) is 5.75 Å². The molecule has 2 aliphatic rings. The molecule has 1 fully saturated rings. The number of H-pyrrole nitrogens is 1. The molecule has 4 aromatic rings. The highest BCUT2D eigenvalue weighted by atomic mass is 32.2. The van der Waals surface area contributed by atoms with Gasteiger partial charge in [0.25, 0.3) is 5.91 Å². The number of nitrogens with zero attached hydrogens (tertiary/aromatic N) is 6. The number of aromatic amines is 1. The highest BCUT2D eigenvalue weighted by Crippen LogP contribution is 2.23. The number of pyridine rings is 1. The van der Waals surface area contributed by atoms with Crippen LogP contribution >= 0.6 is 11.8 Å². The number of hydrogen-bond acceptors (Lipinski definition) is 9. The van der Waals surface area contributed by atoms with Gasteiger partial charge in [-0.1, -0.05) is 23.0 Å². The van der Waals surface area contributed by atoms with Crippen LogP contribution in [0.5, 0.6) is 5.75 Å². The fraction of sp³-hybridized carbons (Fsp3) is 0.360. The molecule has 0 unspecified atom stereocenters. The second-order valence-corrected chi connectivity index (χ2v) is 10.2. The number of carbonyl (C=O) groups excluding carboxylic acids is 2. The van der Waals surface area contributed by atoms with Crippen molar-refractivity contribution in [3.63, 3.8) is 0 Å². The Morgan fingerprint density at radius 1 is 1.26 bits per heavy atom. The van der Waals surface area contributed by atoms with Gasteiger partial charge in [0.15, 0.2) is 16.6 Å². The van der Waals surface area contributed by atoms with Gasteiger partial charge in [-0.2, -0.15) is 0 Å². The van der Waals surface area contributed by atoms with Crippen molar-refractivity contribution in [1.29, 1.82) is 0 Å². The topological polar surface area (TPSA) is 140 Å². The third-order valence-corrected chi connectivity index (χ3v) is 7.34. The first-order valence-electron chi connectivity index (χ1n) is 12.3. The number of benzene rings is 1. The lowest BCUT2D eigenvalue weighted by molar-refractivity contribution is -0.127. The molecule has 6 rings (SSSR count). The number of aromatic nitrogens is 6. The number of aryl methyl sites for hydroxylation is 1. The van der Waals surface area contributed by atoms with Gasteiger partial charge >= 0.3 is 0 Å². The second-order valence-electron chi connectivity index (χ2n) is 9.25. The first kappa shape index (κ1) is 24.4. The second kappa shape index (κ2) is 10.4. The van der Waals surface area contributed by atoms with E-state index in [4.69, 9.17) is 9.47 Å². The summed E-state index contributed by atoms with van der Waals surface area (Å²) in [7, 11) is 0. The summed E-state index contributed by atoms with van der Waals surface area (Å²) in [5.74, 6) is 0.138. The zero-order valence-electron chi connectivity index (χ0n) is 20.7. The van der Waals surface area contributed by atoms with Gasteiger partial charge in [0, 0.05) is 19.3 Å². The number of ether oxygens (including phenoxy) is 2. The number of fused-ring (bicyclic) bond motifs is 5. The Labute approximate surface area is 222 Å². The van der Waals surface area contributed by atoms with Crippen molar-refractivity contribution in [2.24, 2.45) is 0 Å². The summed E-state index contributed by atoms with van der Waals surface area (Å²) in [6.45, 7) is 3.64. The Morgan fingerprint density at radius 3 is 3.11 bits per heavy atom. The lowest BCUT2D eigenvalue weighted by Crippen LogP contribution is -2.44. The molecule has 12 nitrogen and oxygen atoms in total. The minimum atomic E-state index is -0.432. The molecule has 3 aromatic heterocycles. The molecule has 2 bridgehead atoms. The standard InChI is InChI=1S/C25H26N8O4S/c1-15-4-5-17-18(9-15)29-25(28-17)38-14-22(34)32-11-19-21(12-32)37-13-16-10-33(31-30-16)7-8-36-20-3-2-6-26-23(20)24(35)27-19/h2-6,9-10,19,21H,7-8,11-14H2,1H3,(H,27,35)(H,28,29)/t19-,21-/m0/s1. The average molecular weight is 535 g/mol. The number of carbonyl (C=O) groups is 2. The Hall–Kier alpha value is -3.97. The quantitative estimate of drug-likeness (QED) is 0.375. The molecule has 2 amide bonds. The number of thioether (sulfide) groups is 1. The summed E-state index contributed by atoms with van der Waals surface area (Å²) in [6, 6.07) is 8.98. The fourth-order valence-corrected chi connectivity index (χ4v) is 5.33. The first-order chi connectivity index (χ1) is 18.5. The fourth-order valence-electron chi connectivity index (χ4n) is 4.54. The first-order valence-corrected chi connectivity index (χ1v) is 13.3. The molecule has 1 saturated heterocycles. The van der Waals surface area contributed by atoms with Gasteiger partial charge in [-0.25, -0.2) is 14.6 Å². The summed E-state index contributed by atoms with van der Waals surface area (Å²) in [4.78, 5) is 40.1. The maximum Gasteiger partial charge on any atom is 0.274 e. The molecule has 0 radical (unpaired) electrons. The lowest BCUT2D eigenvalue weighted by atomic mass is 10.2. The van der Waals surface area contributed by atoms with Crippen LogP contribution in [0, 0.1) is 6.92 Å². The molecule has 0 spiro atoms. The maximum absolute atomic E-state index is 13.2.